The number of hydrogen-bond donors (Lipinski definition) is 1. The van der Waals surface area contributed by atoms with E-state index < -0.39 is 0 Å². The molecular formula is C12H17BrClNO. The van der Waals surface area contributed by atoms with Crippen molar-refractivity contribution in [2.24, 2.45) is 5.41 Å². The third-order valence-corrected chi connectivity index (χ3v) is 3.11. The van der Waals surface area contributed by atoms with Crippen LogP contribution in [0.2, 0.25) is 0 Å². The number of benzene rings is 1. The van der Waals surface area contributed by atoms with Crippen molar-refractivity contribution in [1.29, 1.82) is 0 Å². The monoisotopic (exact) mass is 305 g/mol. The summed E-state index contributed by atoms with van der Waals surface area (Å²) in [6.07, 6.45) is 0.0473. The Morgan fingerprint density at radius 1 is 1.31 bits per heavy atom. The molecule has 1 N–H and O–H groups in total. The lowest BCUT2D eigenvalue weighted by Gasteiger charge is -2.35. The molecule has 1 atom stereocenters. The van der Waals surface area contributed by atoms with Crippen molar-refractivity contribution in [2.45, 2.75) is 20.1 Å². The lowest BCUT2D eigenvalue weighted by Crippen LogP contribution is -2.42. The minimum Gasteiger partial charge on any atom is -0.358 e. The summed E-state index contributed by atoms with van der Waals surface area (Å²) < 4.78 is 6.89. The Morgan fingerprint density at radius 2 is 1.94 bits per heavy atom. The number of nitrogens with one attached hydrogen (secondary N) is 1. The maximum Gasteiger partial charge on any atom is 0.134 e. The second kappa shape index (κ2) is 5.50. The Labute approximate surface area is 111 Å². The van der Waals surface area contributed by atoms with E-state index in [-0.39, 0.29) is 24.0 Å². The van der Waals surface area contributed by atoms with Crippen LogP contribution in [0.25, 0.3) is 0 Å². The van der Waals surface area contributed by atoms with Gasteiger partial charge in [0.25, 0.3) is 0 Å². The summed E-state index contributed by atoms with van der Waals surface area (Å²) in [6, 6.07) is 8.25. The van der Waals surface area contributed by atoms with Gasteiger partial charge in [0.05, 0.1) is 6.61 Å². The molecule has 2 nitrogen and oxygen atoms in total. The van der Waals surface area contributed by atoms with Gasteiger partial charge in [-0.1, -0.05) is 41.9 Å². The lowest BCUT2D eigenvalue weighted by molar-refractivity contribution is -0.0595. The molecule has 16 heavy (non-hydrogen) atoms. The molecule has 1 aliphatic heterocycles. The number of ether oxygens (including phenoxy) is 1. The van der Waals surface area contributed by atoms with Gasteiger partial charge in [-0.15, -0.1) is 12.4 Å². The molecule has 0 aromatic heterocycles. The second-order valence-corrected chi connectivity index (χ2v) is 5.70. The van der Waals surface area contributed by atoms with Crippen molar-refractivity contribution in [2.75, 3.05) is 13.2 Å². The van der Waals surface area contributed by atoms with E-state index in [4.69, 9.17) is 4.74 Å². The first-order chi connectivity index (χ1) is 7.07. The van der Waals surface area contributed by atoms with Crippen molar-refractivity contribution in [3.8, 4) is 0 Å². The van der Waals surface area contributed by atoms with Gasteiger partial charge in [0.1, 0.15) is 6.23 Å². The minimum absolute atomic E-state index is 0. The fraction of sp³-hybridized carbons (Fsp3) is 0.500. The Balaban J connectivity index is 0.00000128. The molecule has 1 aromatic rings. The summed E-state index contributed by atoms with van der Waals surface area (Å²) in [7, 11) is 0. The summed E-state index contributed by atoms with van der Waals surface area (Å²) in [5, 5.41) is 3.41. The molecule has 2 rings (SSSR count). The Hall–Kier alpha value is -0.0900. The second-order valence-electron chi connectivity index (χ2n) is 4.79. The van der Waals surface area contributed by atoms with Crippen LogP contribution >= 0.6 is 28.3 Å². The lowest BCUT2D eigenvalue weighted by atomic mass is 9.93. The first kappa shape index (κ1) is 14.0. The summed E-state index contributed by atoms with van der Waals surface area (Å²) in [5.41, 5.74) is 1.43. The standard InChI is InChI=1S/C12H16BrNO.ClH/c1-12(2)7-14-11(15-8-12)9-3-5-10(13)6-4-9;/h3-6,11,14H,7-8H2,1-2H3;1H. The zero-order valence-electron chi connectivity index (χ0n) is 9.50. The highest BCUT2D eigenvalue weighted by molar-refractivity contribution is 9.10. The summed E-state index contributed by atoms with van der Waals surface area (Å²) in [6.45, 7) is 6.21. The molecule has 1 heterocycles. The largest absolute Gasteiger partial charge is 0.358 e. The topological polar surface area (TPSA) is 21.3 Å². The average Bonchev–Trinajstić information content (AvgIpc) is 2.20. The van der Waals surface area contributed by atoms with Crippen molar-refractivity contribution >= 4 is 28.3 Å². The maximum atomic E-state index is 5.79. The van der Waals surface area contributed by atoms with Crippen LogP contribution in [0.4, 0.5) is 0 Å². The van der Waals surface area contributed by atoms with Crippen molar-refractivity contribution in [3.05, 3.63) is 34.3 Å². The molecule has 90 valence electrons. The van der Waals surface area contributed by atoms with E-state index in [0.29, 0.717) is 0 Å². The summed E-state index contributed by atoms with van der Waals surface area (Å²) >= 11 is 3.43. The van der Waals surface area contributed by atoms with Crippen LogP contribution in [0.1, 0.15) is 25.6 Å². The van der Waals surface area contributed by atoms with Gasteiger partial charge in [0.2, 0.25) is 0 Å². The van der Waals surface area contributed by atoms with E-state index in [1.54, 1.807) is 0 Å². The third kappa shape index (κ3) is 3.45. The molecule has 1 aliphatic rings. The van der Waals surface area contributed by atoms with Gasteiger partial charge in [-0.25, -0.2) is 0 Å². The van der Waals surface area contributed by atoms with E-state index >= 15 is 0 Å². The first-order valence-electron chi connectivity index (χ1n) is 5.17. The Morgan fingerprint density at radius 3 is 2.44 bits per heavy atom. The van der Waals surface area contributed by atoms with Gasteiger partial charge in [-0.2, -0.15) is 0 Å². The van der Waals surface area contributed by atoms with Gasteiger partial charge in [-0.05, 0) is 17.7 Å². The molecule has 0 bridgehead atoms. The normalized spacial score (nSPS) is 23.6. The molecule has 1 fully saturated rings. The number of halogens is 2. The maximum absolute atomic E-state index is 5.79. The molecule has 0 spiro atoms. The minimum atomic E-state index is 0. The molecule has 0 amide bonds. The number of hydrogen-bond acceptors (Lipinski definition) is 2. The third-order valence-electron chi connectivity index (χ3n) is 2.58. The van der Waals surface area contributed by atoms with Crippen LogP contribution in [0, 0.1) is 5.41 Å². The number of rotatable bonds is 1. The van der Waals surface area contributed by atoms with Gasteiger partial charge in [0.15, 0.2) is 0 Å². The van der Waals surface area contributed by atoms with Gasteiger partial charge >= 0.3 is 0 Å². The van der Waals surface area contributed by atoms with Crippen molar-refractivity contribution in [3.63, 3.8) is 0 Å². The van der Waals surface area contributed by atoms with Crippen LogP contribution in [0.5, 0.6) is 0 Å². The zero-order valence-corrected chi connectivity index (χ0v) is 11.9. The van der Waals surface area contributed by atoms with E-state index in [1.807, 2.05) is 12.1 Å². The predicted octanol–water partition coefficient (Wildman–Crippen LogP) is 3.52. The van der Waals surface area contributed by atoms with Gasteiger partial charge in [0, 0.05) is 16.4 Å². The van der Waals surface area contributed by atoms with Gasteiger partial charge < -0.3 is 4.74 Å². The fourth-order valence-electron chi connectivity index (χ4n) is 1.64. The van der Waals surface area contributed by atoms with Crippen molar-refractivity contribution < 1.29 is 4.74 Å². The van der Waals surface area contributed by atoms with E-state index in [2.05, 4.69) is 47.2 Å². The Bertz CT molecular complexity index is 329. The fourth-order valence-corrected chi connectivity index (χ4v) is 1.90. The molecule has 0 radical (unpaired) electrons. The quantitative estimate of drug-likeness (QED) is 0.857. The van der Waals surface area contributed by atoms with Crippen LogP contribution in [0.3, 0.4) is 0 Å². The van der Waals surface area contributed by atoms with Crippen LogP contribution in [-0.2, 0) is 4.74 Å². The molecular weight excluding hydrogens is 289 g/mol. The molecule has 1 saturated heterocycles. The summed E-state index contributed by atoms with van der Waals surface area (Å²) in [5.74, 6) is 0. The molecule has 1 aromatic carbocycles. The van der Waals surface area contributed by atoms with E-state index in [9.17, 15) is 0 Å². The Kier molecular flexibility index (Phi) is 4.80. The highest BCUT2D eigenvalue weighted by Gasteiger charge is 2.27. The van der Waals surface area contributed by atoms with Gasteiger partial charge in [-0.3, -0.25) is 5.32 Å². The van der Waals surface area contributed by atoms with E-state index in [0.717, 1.165) is 17.6 Å². The first-order valence-corrected chi connectivity index (χ1v) is 5.97. The average molecular weight is 307 g/mol. The highest BCUT2D eigenvalue weighted by atomic mass is 79.9. The van der Waals surface area contributed by atoms with Crippen LogP contribution in [0.15, 0.2) is 28.7 Å². The molecule has 0 aliphatic carbocycles. The van der Waals surface area contributed by atoms with E-state index in [1.165, 1.54) is 5.56 Å². The molecule has 1 unspecified atom stereocenters. The predicted molar refractivity (Wildman–Crippen MR) is 71.9 cm³/mol. The molecule has 0 saturated carbocycles. The van der Waals surface area contributed by atoms with Crippen LogP contribution < -0.4 is 5.32 Å². The molecule has 4 heteroatoms. The summed E-state index contributed by atoms with van der Waals surface area (Å²) in [4.78, 5) is 0. The zero-order chi connectivity index (χ0) is 10.9. The SMILES string of the molecule is CC1(C)CNC(c2ccc(Br)cc2)OC1.Cl. The van der Waals surface area contributed by atoms with Crippen LogP contribution in [-0.4, -0.2) is 13.2 Å². The smallest absolute Gasteiger partial charge is 0.134 e. The highest BCUT2D eigenvalue weighted by Crippen LogP contribution is 2.26. The van der Waals surface area contributed by atoms with Crippen molar-refractivity contribution in [1.82, 2.24) is 5.32 Å².